The van der Waals surface area contributed by atoms with Crippen LogP contribution < -0.4 is 10.6 Å². The van der Waals surface area contributed by atoms with Crippen LogP contribution in [-0.4, -0.2) is 42.3 Å². The molecular formula is C15H26N4OS. The van der Waals surface area contributed by atoms with Gasteiger partial charge in [0, 0.05) is 29.8 Å². The summed E-state index contributed by atoms with van der Waals surface area (Å²) >= 11 is 1.77. The van der Waals surface area contributed by atoms with Gasteiger partial charge >= 0.3 is 0 Å². The number of aryl methyl sites for hydroxylation is 2. The first-order chi connectivity index (χ1) is 10.1. The normalized spacial score (nSPS) is 16.9. The predicted octanol–water partition coefficient (Wildman–Crippen LogP) is 1.63. The maximum absolute atomic E-state index is 9.34. The SMILES string of the molecule is CCNC(=NCC1(CO)CC1)NCCc1nc(C)c(C)s1. The highest BCUT2D eigenvalue weighted by Gasteiger charge is 2.41. The van der Waals surface area contributed by atoms with E-state index in [0.717, 1.165) is 44.0 Å². The monoisotopic (exact) mass is 310 g/mol. The molecule has 0 aromatic carbocycles. The highest BCUT2D eigenvalue weighted by molar-refractivity contribution is 7.11. The third-order valence-corrected chi connectivity index (χ3v) is 5.05. The molecule has 1 heterocycles. The lowest BCUT2D eigenvalue weighted by molar-refractivity contribution is 0.217. The molecule has 0 unspecified atom stereocenters. The molecule has 21 heavy (non-hydrogen) atoms. The van der Waals surface area contributed by atoms with Gasteiger partial charge in [0.2, 0.25) is 0 Å². The van der Waals surface area contributed by atoms with E-state index in [-0.39, 0.29) is 12.0 Å². The van der Waals surface area contributed by atoms with Gasteiger partial charge in [-0.3, -0.25) is 4.99 Å². The summed E-state index contributed by atoms with van der Waals surface area (Å²) in [4.78, 5) is 10.4. The third-order valence-electron chi connectivity index (χ3n) is 3.91. The Hall–Kier alpha value is -1.14. The lowest BCUT2D eigenvalue weighted by Crippen LogP contribution is -2.38. The number of aliphatic imine (C=N–C) groups is 1. The molecule has 1 aliphatic rings. The van der Waals surface area contributed by atoms with Crippen LogP contribution in [0.5, 0.6) is 0 Å². The first-order valence-corrected chi connectivity index (χ1v) is 8.46. The van der Waals surface area contributed by atoms with Crippen LogP contribution in [0.15, 0.2) is 4.99 Å². The minimum Gasteiger partial charge on any atom is -0.396 e. The molecule has 0 radical (unpaired) electrons. The second-order valence-electron chi connectivity index (χ2n) is 5.78. The van der Waals surface area contributed by atoms with Crippen molar-refractivity contribution in [1.29, 1.82) is 0 Å². The number of hydrogen-bond donors (Lipinski definition) is 3. The molecule has 6 heteroatoms. The number of aromatic nitrogens is 1. The minimum atomic E-state index is 0.0614. The Kier molecular flexibility index (Phi) is 5.58. The molecule has 3 N–H and O–H groups in total. The summed E-state index contributed by atoms with van der Waals surface area (Å²) < 4.78 is 0. The van der Waals surface area contributed by atoms with Crippen molar-refractivity contribution in [2.24, 2.45) is 10.4 Å². The van der Waals surface area contributed by atoms with E-state index < -0.39 is 0 Å². The van der Waals surface area contributed by atoms with Crippen LogP contribution in [-0.2, 0) is 6.42 Å². The molecular weight excluding hydrogens is 284 g/mol. The van der Waals surface area contributed by atoms with E-state index in [9.17, 15) is 5.11 Å². The van der Waals surface area contributed by atoms with Crippen LogP contribution in [0.1, 0.15) is 35.3 Å². The molecule has 0 saturated heterocycles. The van der Waals surface area contributed by atoms with E-state index >= 15 is 0 Å². The van der Waals surface area contributed by atoms with Crippen LogP contribution in [0.2, 0.25) is 0 Å². The smallest absolute Gasteiger partial charge is 0.191 e. The van der Waals surface area contributed by atoms with E-state index in [2.05, 4.69) is 41.4 Å². The van der Waals surface area contributed by atoms with Gasteiger partial charge in [0.25, 0.3) is 0 Å². The van der Waals surface area contributed by atoms with Crippen molar-refractivity contribution in [3.63, 3.8) is 0 Å². The van der Waals surface area contributed by atoms with Crippen LogP contribution in [0.3, 0.4) is 0 Å². The van der Waals surface area contributed by atoms with Crippen molar-refractivity contribution in [3.05, 3.63) is 15.6 Å². The number of aliphatic hydroxyl groups is 1. The molecule has 5 nitrogen and oxygen atoms in total. The van der Waals surface area contributed by atoms with Crippen LogP contribution in [0.25, 0.3) is 0 Å². The summed E-state index contributed by atoms with van der Waals surface area (Å²) in [6.45, 7) is 8.83. The fourth-order valence-electron chi connectivity index (χ4n) is 2.07. The van der Waals surface area contributed by atoms with Gasteiger partial charge in [0.05, 0.1) is 23.9 Å². The second-order valence-corrected chi connectivity index (χ2v) is 7.07. The first kappa shape index (κ1) is 16.2. The van der Waals surface area contributed by atoms with Gasteiger partial charge in [-0.15, -0.1) is 11.3 Å². The molecule has 1 saturated carbocycles. The summed E-state index contributed by atoms with van der Waals surface area (Å²) in [5.41, 5.74) is 1.19. The van der Waals surface area contributed by atoms with Gasteiger partial charge in [0.1, 0.15) is 0 Å². The maximum Gasteiger partial charge on any atom is 0.191 e. The Labute approximate surface area is 130 Å². The molecule has 0 aliphatic heterocycles. The van der Waals surface area contributed by atoms with Gasteiger partial charge in [-0.25, -0.2) is 4.98 Å². The number of hydrogen-bond acceptors (Lipinski definition) is 4. The topological polar surface area (TPSA) is 69.5 Å². The Morgan fingerprint density at radius 3 is 2.67 bits per heavy atom. The average Bonchev–Trinajstić information content (AvgIpc) is 3.18. The largest absolute Gasteiger partial charge is 0.396 e. The number of rotatable bonds is 7. The standard InChI is InChI=1S/C15H26N4OS/c1-4-16-14(18-9-15(10-20)6-7-15)17-8-5-13-19-11(2)12(3)21-13/h20H,4-10H2,1-3H3,(H2,16,17,18). The molecule has 0 amide bonds. The van der Waals surface area contributed by atoms with E-state index in [1.165, 1.54) is 9.88 Å². The second kappa shape index (κ2) is 7.22. The van der Waals surface area contributed by atoms with Crippen molar-refractivity contribution in [1.82, 2.24) is 15.6 Å². The van der Waals surface area contributed by atoms with Crippen LogP contribution >= 0.6 is 11.3 Å². The van der Waals surface area contributed by atoms with Gasteiger partial charge in [-0.1, -0.05) is 0 Å². The van der Waals surface area contributed by atoms with Crippen molar-refractivity contribution in [2.75, 3.05) is 26.2 Å². The van der Waals surface area contributed by atoms with E-state index in [1.54, 1.807) is 11.3 Å². The lowest BCUT2D eigenvalue weighted by atomic mass is 10.1. The molecule has 1 aromatic rings. The average molecular weight is 310 g/mol. The lowest BCUT2D eigenvalue weighted by Gasteiger charge is -2.13. The maximum atomic E-state index is 9.34. The Morgan fingerprint density at radius 2 is 2.14 bits per heavy atom. The summed E-state index contributed by atoms with van der Waals surface area (Å²) in [5, 5.41) is 17.1. The summed E-state index contributed by atoms with van der Waals surface area (Å²) in [5.74, 6) is 0.835. The summed E-state index contributed by atoms with van der Waals surface area (Å²) in [6.07, 6.45) is 3.09. The summed E-state index contributed by atoms with van der Waals surface area (Å²) in [6, 6.07) is 0. The number of guanidine groups is 1. The predicted molar refractivity (Wildman–Crippen MR) is 88.0 cm³/mol. The molecule has 1 fully saturated rings. The van der Waals surface area contributed by atoms with Crippen molar-refractivity contribution >= 4 is 17.3 Å². The Balaban J connectivity index is 1.80. The Bertz CT molecular complexity index is 474. The number of nitrogens with zero attached hydrogens (tertiary/aromatic N) is 2. The van der Waals surface area contributed by atoms with Crippen LogP contribution in [0.4, 0.5) is 0 Å². The first-order valence-electron chi connectivity index (χ1n) is 7.64. The van der Waals surface area contributed by atoms with Gasteiger partial charge in [-0.2, -0.15) is 0 Å². The summed E-state index contributed by atoms with van der Waals surface area (Å²) in [7, 11) is 0. The molecule has 2 rings (SSSR count). The number of thiazole rings is 1. The van der Waals surface area contributed by atoms with Crippen LogP contribution in [0, 0.1) is 19.3 Å². The molecule has 1 aromatic heterocycles. The van der Waals surface area contributed by atoms with E-state index in [0.29, 0.717) is 6.54 Å². The fourth-order valence-corrected chi connectivity index (χ4v) is 3.00. The number of nitrogens with one attached hydrogen (secondary N) is 2. The quantitative estimate of drug-likeness (QED) is 0.529. The van der Waals surface area contributed by atoms with E-state index in [4.69, 9.17) is 0 Å². The van der Waals surface area contributed by atoms with Crippen molar-refractivity contribution < 1.29 is 5.11 Å². The molecule has 0 spiro atoms. The van der Waals surface area contributed by atoms with Gasteiger partial charge in [-0.05, 0) is 33.6 Å². The highest BCUT2D eigenvalue weighted by Crippen LogP contribution is 2.45. The highest BCUT2D eigenvalue weighted by atomic mass is 32.1. The zero-order valence-electron chi connectivity index (χ0n) is 13.2. The third kappa shape index (κ3) is 4.68. The Morgan fingerprint density at radius 1 is 1.38 bits per heavy atom. The van der Waals surface area contributed by atoms with Gasteiger partial charge in [0.15, 0.2) is 5.96 Å². The van der Waals surface area contributed by atoms with Crippen molar-refractivity contribution in [2.45, 2.75) is 40.0 Å². The fraction of sp³-hybridized carbons (Fsp3) is 0.733. The molecule has 0 bridgehead atoms. The zero-order valence-corrected chi connectivity index (χ0v) is 14.0. The van der Waals surface area contributed by atoms with Gasteiger partial charge < -0.3 is 15.7 Å². The minimum absolute atomic E-state index is 0.0614. The number of aliphatic hydroxyl groups excluding tert-OH is 1. The van der Waals surface area contributed by atoms with Crippen molar-refractivity contribution in [3.8, 4) is 0 Å². The van der Waals surface area contributed by atoms with E-state index in [1.807, 2.05) is 0 Å². The molecule has 0 atom stereocenters. The molecule has 1 aliphatic carbocycles. The zero-order chi connectivity index (χ0) is 15.3. The molecule has 118 valence electrons.